The summed E-state index contributed by atoms with van der Waals surface area (Å²) < 4.78 is 11.3. The van der Waals surface area contributed by atoms with E-state index in [1.165, 1.54) is 13.3 Å². The van der Waals surface area contributed by atoms with Crippen molar-refractivity contribution in [1.29, 1.82) is 0 Å². The third-order valence-electron chi connectivity index (χ3n) is 4.97. The Balaban J connectivity index is 1.44. The van der Waals surface area contributed by atoms with Gasteiger partial charge in [0.25, 0.3) is 11.7 Å². The number of nitrogens with one attached hydrogen (secondary N) is 1. The van der Waals surface area contributed by atoms with E-state index in [0.717, 1.165) is 5.75 Å². The highest BCUT2D eigenvalue weighted by Crippen LogP contribution is 2.28. The molecule has 0 aliphatic carbocycles. The minimum Gasteiger partial charge on any atom is -0.496 e. The largest absolute Gasteiger partial charge is 0.496 e. The van der Waals surface area contributed by atoms with Crippen molar-refractivity contribution in [3.8, 4) is 11.5 Å². The Kier molecular flexibility index (Phi) is 4.97. The van der Waals surface area contributed by atoms with E-state index in [4.69, 9.17) is 9.47 Å². The van der Waals surface area contributed by atoms with Gasteiger partial charge in [-0.15, -0.1) is 0 Å². The highest BCUT2D eigenvalue weighted by Gasteiger charge is 2.30. The van der Waals surface area contributed by atoms with Crippen molar-refractivity contribution in [2.75, 3.05) is 20.2 Å². The molecule has 1 aliphatic heterocycles. The number of para-hydroxylation sites is 1. The summed E-state index contributed by atoms with van der Waals surface area (Å²) in [5.74, 6) is 0.268. The van der Waals surface area contributed by atoms with Crippen LogP contribution < -0.4 is 9.47 Å². The fourth-order valence-corrected chi connectivity index (χ4v) is 3.50. The Bertz CT molecular complexity index is 991. The molecule has 2 aromatic heterocycles. The molecular weight excluding hydrogens is 358 g/mol. The SMILES string of the molecule is COc1ccnc2[nH]cc(C(=O)C(=O)N3CCC(Oc4ccccc4)CC3)c12. The molecule has 4 rings (SSSR count). The average Bonchev–Trinajstić information content (AvgIpc) is 3.18. The highest BCUT2D eigenvalue weighted by atomic mass is 16.5. The highest BCUT2D eigenvalue weighted by molar-refractivity contribution is 6.45. The van der Waals surface area contributed by atoms with Gasteiger partial charge >= 0.3 is 0 Å². The molecule has 144 valence electrons. The van der Waals surface area contributed by atoms with E-state index in [1.54, 1.807) is 17.2 Å². The summed E-state index contributed by atoms with van der Waals surface area (Å²) in [5, 5.41) is 0.533. The first kappa shape index (κ1) is 18.0. The summed E-state index contributed by atoms with van der Waals surface area (Å²) in [6.45, 7) is 0.972. The molecule has 7 heteroatoms. The topological polar surface area (TPSA) is 84.5 Å². The van der Waals surface area contributed by atoms with E-state index < -0.39 is 11.7 Å². The molecule has 0 radical (unpaired) electrons. The Morgan fingerprint density at radius 3 is 2.61 bits per heavy atom. The predicted molar refractivity (Wildman–Crippen MR) is 104 cm³/mol. The number of ketones is 1. The van der Waals surface area contributed by atoms with Gasteiger partial charge in [-0.25, -0.2) is 4.98 Å². The maximum absolute atomic E-state index is 12.8. The number of rotatable bonds is 5. The van der Waals surface area contributed by atoms with Gasteiger partial charge in [0.15, 0.2) is 0 Å². The molecule has 1 aliphatic rings. The van der Waals surface area contributed by atoms with E-state index in [0.29, 0.717) is 42.7 Å². The van der Waals surface area contributed by atoms with E-state index in [1.807, 2.05) is 30.3 Å². The van der Waals surface area contributed by atoms with Crippen LogP contribution in [0.4, 0.5) is 0 Å². The first-order valence-electron chi connectivity index (χ1n) is 9.22. The normalized spacial score (nSPS) is 14.8. The lowest BCUT2D eigenvalue weighted by atomic mass is 10.0. The third-order valence-corrected chi connectivity index (χ3v) is 4.97. The number of nitrogens with zero attached hydrogens (tertiary/aromatic N) is 2. The number of ether oxygens (including phenoxy) is 2. The zero-order valence-corrected chi connectivity index (χ0v) is 15.6. The van der Waals surface area contributed by atoms with Crippen molar-refractivity contribution in [2.24, 2.45) is 0 Å². The maximum atomic E-state index is 12.8. The molecule has 1 aromatic carbocycles. The van der Waals surface area contributed by atoms with E-state index in [2.05, 4.69) is 9.97 Å². The molecule has 0 bridgehead atoms. The number of Topliss-reactive ketones (excluding diaryl/α,β-unsaturated/α-hetero) is 1. The fraction of sp³-hybridized carbons (Fsp3) is 0.286. The molecule has 1 N–H and O–H groups in total. The summed E-state index contributed by atoms with van der Waals surface area (Å²) in [6, 6.07) is 11.3. The van der Waals surface area contributed by atoms with Crippen molar-refractivity contribution in [3.05, 3.63) is 54.4 Å². The van der Waals surface area contributed by atoms with E-state index in [9.17, 15) is 9.59 Å². The lowest BCUT2D eigenvalue weighted by Crippen LogP contribution is -2.44. The Hall–Kier alpha value is -3.35. The number of fused-ring (bicyclic) bond motifs is 1. The molecule has 0 atom stereocenters. The van der Waals surface area contributed by atoms with Gasteiger partial charge in [0.05, 0.1) is 18.1 Å². The Labute approximate surface area is 162 Å². The number of carbonyl (C=O) groups excluding carboxylic acids is 2. The molecule has 0 spiro atoms. The molecule has 7 nitrogen and oxygen atoms in total. The van der Waals surface area contributed by atoms with Crippen molar-refractivity contribution in [1.82, 2.24) is 14.9 Å². The number of methoxy groups -OCH3 is 1. The van der Waals surface area contributed by atoms with Gasteiger partial charge in [-0.2, -0.15) is 0 Å². The lowest BCUT2D eigenvalue weighted by Gasteiger charge is -2.31. The van der Waals surface area contributed by atoms with Crippen LogP contribution in [-0.2, 0) is 4.79 Å². The van der Waals surface area contributed by atoms with Crippen LogP contribution in [0.2, 0.25) is 0 Å². The van der Waals surface area contributed by atoms with Gasteiger partial charge in [-0.1, -0.05) is 18.2 Å². The van der Waals surface area contributed by atoms with Crippen LogP contribution >= 0.6 is 0 Å². The Morgan fingerprint density at radius 1 is 1.14 bits per heavy atom. The number of hydrogen-bond donors (Lipinski definition) is 1. The maximum Gasteiger partial charge on any atom is 0.295 e. The van der Waals surface area contributed by atoms with E-state index >= 15 is 0 Å². The van der Waals surface area contributed by atoms with Gasteiger partial charge in [0.2, 0.25) is 0 Å². The van der Waals surface area contributed by atoms with Crippen molar-refractivity contribution >= 4 is 22.7 Å². The van der Waals surface area contributed by atoms with Gasteiger partial charge in [0, 0.05) is 38.3 Å². The number of likely N-dealkylation sites (tertiary alicyclic amines) is 1. The van der Waals surface area contributed by atoms with Gasteiger partial charge in [-0.05, 0) is 18.2 Å². The quantitative estimate of drug-likeness (QED) is 0.544. The number of aromatic amines is 1. The summed E-state index contributed by atoms with van der Waals surface area (Å²) in [7, 11) is 1.52. The van der Waals surface area contributed by atoms with E-state index in [-0.39, 0.29) is 11.7 Å². The molecule has 3 heterocycles. The molecule has 1 amide bonds. The first-order valence-corrected chi connectivity index (χ1v) is 9.22. The molecular formula is C21H21N3O4. The summed E-state index contributed by atoms with van der Waals surface area (Å²) in [6.07, 6.45) is 4.52. The fourth-order valence-electron chi connectivity index (χ4n) is 3.50. The predicted octanol–water partition coefficient (Wildman–Crippen LogP) is 2.82. The smallest absolute Gasteiger partial charge is 0.295 e. The summed E-state index contributed by atoms with van der Waals surface area (Å²) in [5.41, 5.74) is 0.804. The number of H-pyrrole nitrogens is 1. The van der Waals surface area contributed by atoms with Crippen LogP contribution in [0.3, 0.4) is 0 Å². The molecule has 1 saturated heterocycles. The first-order chi connectivity index (χ1) is 13.7. The zero-order chi connectivity index (χ0) is 19.5. The number of pyridine rings is 1. The average molecular weight is 379 g/mol. The number of benzene rings is 1. The van der Waals surface area contributed by atoms with Crippen LogP contribution in [0.1, 0.15) is 23.2 Å². The molecule has 3 aromatic rings. The van der Waals surface area contributed by atoms with Crippen LogP contribution in [0.15, 0.2) is 48.8 Å². The van der Waals surface area contributed by atoms with Crippen LogP contribution in [0.5, 0.6) is 11.5 Å². The Morgan fingerprint density at radius 2 is 1.89 bits per heavy atom. The monoisotopic (exact) mass is 379 g/mol. The van der Waals surface area contributed by atoms with Gasteiger partial charge in [-0.3, -0.25) is 9.59 Å². The van der Waals surface area contributed by atoms with Crippen LogP contribution in [-0.4, -0.2) is 52.9 Å². The van der Waals surface area contributed by atoms with Crippen molar-refractivity contribution in [2.45, 2.75) is 18.9 Å². The zero-order valence-electron chi connectivity index (χ0n) is 15.6. The summed E-state index contributed by atoms with van der Waals surface area (Å²) >= 11 is 0. The van der Waals surface area contributed by atoms with Crippen LogP contribution in [0.25, 0.3) is 11.0 Å². The summed E-state index contributed by atoms with van der Waals surface area (Å²) in [4.78, 5) is 34.3. The molecule has 28 heavy (non-hydrogen) atoms. The number of hydrogen-bond acceptors (Lipinski definition) is 5. The molecule has 0 unspecified atom stereocenters. The van der Waals surface area contributed by atoms with Gasteiger partial charge < -0.3 is 19.4 Å². The third kappa shape index (κ3) is 3.43. The number of amides is 1. The number of carbonyl (C=O) groups is 2. The minimum absolute atomic E-state index is 0.0407. The minimum atomic E-state index is -0.556. The lowest BCUT2D eigenvalue weighted by molar-refractivity contribution is -0.128. The molecule has 0 saturated carbocycles. The second-order valence-corrected chi connectivity index (χ2v) is 6.69. The standard InChI is InChI=1S/C21H21N3O4/c1-27-17-7-10-22-20-18(17)16(13-23-20)19(25)21(26)24-11-8-15(9-12-24)28-14-5-3-2-4-6-14/h2-7,10,13,15H,8-9,11-12H2,1H3,(H,22,23). The molecule has 1 fully saturated rings. The second-order valence-electron chi connectivity index (χ2n) is 6.69. The van der Waals surface area contributed by atoms with Crippen LogP contribution in [0, 0.1) is 0 Å². The van der Waals surface area contributed by atoms with Crippen molar-refractivity contribution < 1.29 is 19.1 Å². The van der Waals surface area contributed by atoms with Crippen molar-refractivity contribution in [3.63, 3.8) is 0 Å². The number of aromatic nitrogens is 2. The second kappa shape index (κ2) is 7.72. The number of piperidine rings is 1. The van der Waals surface area contributed by atoms with Gasteiger partial charge in [0.1, 0.15) is 23.3 Å².